The number of hydrogen-bond donors (Lipinski definition) is 2. The Labute approximate surface area is 124 Å². The normalized spacial score (nSPS) is 17.8. The Bertz CT molecular complexity index is 590. The highest BCUT2D eigenvalue weighted by atomic mass is 32.2. The van der Waals surface area contributed by atoms with Crippen molar-refractivity contribution in [3.05, 3.63) is 12.3 Å². The molecule has 8 nitrogen and oxygen atoms in total. The molecule has 1 aliphatic heterocycles. The Hall–Kier alpha value is -1.45. The van der Waals surface area contributed by atoms with Crippen LogP contribution in [0.2, 0.25) is 0 Å². The molecule has 1 saturated heterocycles. The van der Waals surface area contributed by atoms with E-state index in [1.807, 2.05) is 4.90 Å². The molecule has 2 rings (SSSR count). The number of aromatic nitrogens is 2. The minimum absolute atomic E-state index is 0.0323. The van der Waals surface area contributed by atoms with Gasteiger partial charge in [-0.05, 0) is 12.8 Å². The maximum absolute atomic E-state index is 11.9. The van der Waals surface area contributed by atoms with Gasteiger partial charge in [0.1, 0.15) is 0 Å². The molecule has 0 aromatic carbocycles. The number of rotatable bonds is 5. The van der Waals surface area contributed by atoms with Gasteiger partial charge in [0.15, 0.2) is 5.82 Å². The summed E-state index contributed by atoms with van der Waals surface area (Å²) < 4.78 is 26.6. The molecule has 21 heavy (non-hydrogen) atoms. The van der Waals surface area contributed by atoms with Crippen molar-refractivity contribution >= 4 is 21.7 Å². The van der Waals surface area contributed by atoms with Crippen LogP contribution in [0.3, 0.4) is 0 Å². The summed E-state index contributed by atoms with van der Waals surface area (Å²) in [6, 6.07) is 1.70. The van der Waals surface area contributed by atoms with E-state index in [4.69, 9.17) is 0 Å². The first-order valence-electron chi connectivity index (χ1n) is 6.81. The number of nitrogens with one attached hydrogen (secondary N) is 2. The van der Waals surface area contributed by atoms with Crippen LogP contribution in [0, 0.1) is 0 Å². The van der Waals surface area contributed by atoms with Crippen LogP contribution >= 0.6 is 0 Å². The Morgan fingerprint density at radius 1 is 1.43 bits per heavy atom. The van der Waals surface area contributed by atoms with Crippen molar-refractivity contribution in [1.82, 2.24) is 19.4 Å². The van der Waals surface area contributed by atoms with Gasteiger partial charge in [0, 0.05) is 38.4 Å². The quantitative estimate of drug-likeness (QED) is 0.754. The molecule has 1 aromatic heterocycles. The predicted octanol–water partition coefficient (Wildman–Crippen LogP) is -0.628. The van der Waals surface area contributed by atoms with Crippen molar-refractivity contribution < 1.29 is 13.2 Å². The number of sulfonamides is 1. The summed E-state index contributed by atoms with van der Waals surface area (Å²) in [4.78, 5) is 13.9. The van der Waals surface area contributed by atoms with E-state index in [2.05, 4.69) is 15.1 Å². The average molecular weight is 315 g/mol. The average Bonchev–Trinajstić information content (AvgIpc) is 2.75. The maximum Gasteiger partial charge on any atom is 0.239 e. The number of anilines is 1. The third-order valence-electron chi connectivity index (χ3n) is 3.32. The van der Waals surface area contributed by atoms with E-state index in [1.165, 1.54) is 6.26 Å². The molecule has 0 radical (unpaired) electrons. The highest BCUT2D eigenvalue weighted by Crippen LogP contribution is 2.11. The molecule has 0 spiro atoms. The summed E-state index contributed by atoms with van der Waals surface area (Å²) in [5, 5.41) is 6.82. The number of aryl methyl sites for hydroxylation is 1. The standard InChI is InChI=1S/C12H21N5O3S/c1-16-6-5-11(14-16)13-12(18)9-17-7-3-10(4-8-17)15-21(2,19)20/h5-6,10,15H,3-4,7-9H2,1-2H3,(H,13,14,18). The van der Waals surface area contributed by atoms with Crippen LogP contribution < -0.4 is 10.0 Å². The van der Waals surface area contributed by atoms with E-state index in [9.17, 15) is 13.2 Å². The summed E-state index contributed by atoms with van der Waals surface area (Å²) in [7, 11) is -1.37. The van der Waals surface area contributed by atoms with Crippen LogP contribution in [0.1, 0.15) is 12.8 Å². The Morgan fingerprint density at radius 2 is 2.10 bits per heavy atom. The van der Waals surface area contributed by atoms with Gasteiger partial charge < -0.3 is 5.32 Å². The Morgan fingerprint density at radius 3 is 2.62 bits per heavy atom. The van der Waals surface area contributed by atoms with E-state index < -0.39 is 10.0 Å². The summed E-state index contributed by atoms with van der Waals surface area (Å²) in [6.07, 6.45) is 4.35. The molecule has 1 fully saturated rings. The molecule has 1 aromatic rings. The lowest BCUT2D eigenvalue weighted by atomic mass is 10.1. The van der Waals surface area contributed by atoms with Crippen LogP contribution in [0.25, 0.3) is 0 Å². The van der Waals surface area contributed by atoms with Crippen molar-refractivity contribution in [2.75, 3.05) is 31.2 Å². The van der Waals surface area contributed by atoms with Gasteiger partial charge >= 0.3 is 0 Å². The molecule has 0 saturated carbocycles. The number of amides is 1. The summed E-state index contributed by atoms with van der Waals surface area (Å²) in [6.45, 7) is 1.69. The van der Waals surface area contributed by atoms with Gasteiger partial charge in [-0.2, -0.15) is 5.10 Å². The summed E-state index contributed by atoms with van der Waals surface area (Å²) >= 11 is 0. The lowest BCUT2D eigenvalue weighted by molar-refractivity contribution is -0.117. The van der Waals surface area contributed by atoms with Crippen LogP contribution in [0.4, 0.5) is 5.82 Å². The lowest BCUT2D eigenvalue weighted by Crippen LogP contribution is -2.46. The Balaban J connectivity index is 1.74. The van der Waals surface area contributed by atoms with Gasteiger partial charge in [0.05, 0.1) is 12.8 Å². The minimum Gasteiger partial charge on any atom is -0.308 e. The molecule has 2 N–H and O–H groups in total. The number of carbonyl (C=O) groups is 1. The molecule has 118 valence electrons. The topological polar surface area (TPSA) is 96.3 Å². The zero-order chi connectivity index (χ0) is 15.5. The maximum atomic E-state index is 11.9. The number of hydrogen-bond acceptors (Lipinski definition) is 5. The first kappa shape index (κ1) is 15.9. The first-order valence-corrected chi connectivity index (χ1v) is 8.70. The van der Waals surface area contributed by atoms with Gasteiger partial charge in [-0.1, -0.05) is 0 Å². The van der Waals surface area contributed by atoms with Crippen LogP contribution in [0.5, 0.6) is 0 Å². The zero-order valence-electron chi connectivity index (χ0n) is 12.2. The smallest absolute Gasteiger partial charge is 0.239 e. The predicted molar refractivity (Wildman–Crippen MR) is 79.3 cm³/mol. The number of nitrogens with zero attached hydrogens (tertiary/aromatic N) is 3. The van der Waals surface area contributed by atoms with Gasteiger partial charge in [-0.25, -0.2) is 13.1 Å². The van der Waals surface area contributed by atoms with Gasteiger partial charge in [-0.15, -0.1) is 0 Å². The number of carbonyl (C=O) groups excluding carboxylic acids is 1. The second kappa shape index (κ2) is 6.54. The molecule has 2 heterocycles. The lowest BCUT2D eigenvalue weighted by Gasteiger charge is -2.31. The molecule has 0 unspecified atom stereocenters. The molecule has 9 heteroatoms. The van der Waals surface area contributed by atoms with E-state index in [1.54, 1.807) is 24.0 Å². The zero-order valence-corrected chi connectivity index (χ0v) is 13.1. The third kappa shape index (κ3) is 5.44. The van der Waals surface area contributed by atoms with E-state index in [0.717, 1.165) is 0 Å². The molecular formula is C12H21N5O3S. The summed E-state index contributed by atoms with van der Waals surface area (Å²) in [5.41, 5.74) is 0. The van der Waals surface area contributed by atoms with Gasteiger partial charge in [-0.3, -0.25) is 14.4 Å². The molecule has 1 amide bonds. The van der Waals surface area contributed by atoms with Crippen LogP contribution in [0.15, 0.2) is 12.3 Å². The second-order valence-electron chi connectivity index (χ2n) is 5.36. The molecule has 1 aliphatic rings. The van der Waals surface area contributed by atoms with Crippen molar-refractivity contribution in [3.63, 3.8) is 0 Å². The highest BCUT2D eigenvalue weighted by Gasteiger charge is 2.22. The second-order valence-corrected chi connectivity index (χ2v) is 7.14. The minimum atomic E-state index is -3.16. The SMILES string of the molecule is Cn1ccc(NC(=O)CN2CCC(NS(C)(=O)=O)CC2)n1. The van der Waals surface area contributed by atoms with Gasteiger partial charge in [0.25, 0.3) is 0 Å². The molecule has 0 aliphatic carbocycles. The third-order valence-corrected chi connectivity index (χ3v) is 4.08. The first-order chi connectivity index (χ1) is 9.82. The largest absolute Gasteiger partial charge is 0.308 e. The molecule has 0 bridgehead atoms. The van der Waals surface area contributed by atoms with E-state index >= 15 is 0 Å². The van der Waals surface area contributed by atoms with Gasteiger partial charge in [0.2, 0.25) is 15.9 Å². The fourth-order valence-electron chi connectivity index (χ4n) is 2.38. The van der Waals surface area contributed by atoms with Crippen molar-refractivity contribution in [1.29, 1.82) is 0 Å². The monoisotopic (exact) mass is 315 g/mol. The van der Waals surface area contributed by atoms with Crippen LogP contribution in [-0.4, -0.2) is 60.9 Å². The number of piperidine rings is 1. The molecule has 0 atom stereocenters. The Kier molecular flexibility index (Phi) is 4.96. The van der Waals surface area contributed by atoms with Crippen molar-refractivity contribution in [2.45, 2.75) is 18.9 Å². The molecular weight excluding hydrogens is 294 g/mol. The fourth-order valence-corrected chi connectivity index (χ4v) is 3.22. The fraction of sp³-hybridized carbons (Fsp3) is 0.667. The summed E-state index contributed by atoms with van der Waals surface area (Å²) in [5.74, 6) is 0.430. The highest BCUT2D eigenvalue weighted by molar-refractivity contribution is 7.88. The number of likely N-dealkylation sites (tertiary alicyclic amines) is 1. The van der Waals surface area contributed by atoms with E-state index in [0.29, 0.717) is 38.3 Å². The van der Waals surface area contributed by atoms with Crippen molar-refractivity contribution in [3.8, 4) is 0 Å². The van der Waals surface area contributed by atoms with Crippen molar-refractivity contribution in [2.24, 2.45) is 7.05 Å². The van der Waals surface area contributed by atoms with E-state index in [-0.39, 0.29) is 11.9 Å². The van der Waals surface area contributed by atoms with Crippen LogP contribution in [-0.2, 0) is 21.9 Å².